The molecule has 1 heterocycles. The standard InChI is InChI=1S/C19H14FIN2O2/c1-12-17(10-11-18(20)22-12)19(24)23-14-4-8-16(9-5-14)25-15-6-2-13(21)3-7-15/h2-11H,1H3,(H,23,24). The highest BCUT2D eigenvalue weighted by Gasteiger charge is 2.11. The molecule has 1 N–H and O–H groups in total. The Hall–Kier alpha value is -2.48. The Morgan fingerprint density at radius 3 is 2.20 bits per heavy atom. The van der Waals surface area contributed by atoms with Gasteiger partial charge in [0.25, 0.3) is 5.91 Å². The van der Waals surface area contributed by atoms with Gasteiger partial charge in [-0.15, -0.1) is 0 Å². The minimum Gasteiger partial charge on any atom is -0.457 e. The van der Waals surface area contributed by atoms with Crippen LogP contribution in [0, 0.1) is 16.4 Å². The molecule has 0 aliphatic rings. The lowest BCUT2D eigenvalue weighted by atomic mass is 10.2. The Morgan fingerprint density at radius 2 is 1.60 bits per heavy atom. The van der Waals surface area contributed by atoms with E-state index >= 15 is 0 Å². The van der Waals surface area contributed by atoms with E-state index < -0.39 is 5.95 Å². The summed E-state index contributed by atoms with van der Waals surface area (Å²) in [5, 5.41) is 2.76. The molecular weight excluding hydrogens is 434 g/mol. The summed E-state index contributed by atoms with van der Waals surface area (Å²) in [7, 11) is 0. The first kappa shape index (κ1) is 17.3. The van der Waals surface area contributed by atoms with Crippen LogP contribution in [0.3, 0.4) is 0 Å². The van der Waals surface area contributed by atoms with Gasteiger partial charge in [0.05, 0.1) is 11.3 Å². The third-order valence-electron chi connectivity index (χ3n) is 3.46. The van der Waals surface area contributed by atoms with Crippen LogP contribution in [-0.4, -0.2) is 10.9 Å². The van der Waals surface area contributed by atoms with Gasteiger partial charge in [0.2, 0.25) is 5.95 Å². The van der Waals surface area contributed by atoms with Gasteiger partial charge < -0.3 is 10.1 Å². The number of aromatic nitrogens is 1. The zero-order valence-corrected chi connectivity index (χ0v) is 15.5. The number of carbonyl (C=O) groups excluding carboxylic acids is 1. The Balaban J connectivity index is 1.67. The molecule has 0 spiro atoms. The Bertz CT molecular complexity index is 896. The van der Waals surface area contributed by atoms with Crippen molar-refractivity contribution in [2.45, 2.75) is 6.92 Å². The lowest BCUT2D eigenvalue weighted by Gasteiger charge is -2.09. The van der Waals surface area contributed by atoms with Crippen LogP contribution in [0.25, 0.3) is 0 Å². The number of amides is 1. The second kappa shape index (κ2) is 7.60. The molecule has 0 fully saturated rings. The van der Waals surface area contributed by atoms with Crippen molar-refractivity contribution < 1.29 is 13.9 Å². The summed E-state index contributed by atoms with van der Waals surface area (Å²) in [6.07, 6.45) is 0. The first-order valence-corrected chi connectivity index (χ1v) is 8.57. The number of halogens is 2. The summed E-state index contributed by atoms with van der Waals surface area (Å²) >= 11 is 2.23. The van der Waals surface area contributed by atoms with E-state index in [4.69, 9.17) is 4.74 Å². The normalized spacial score (nSPS) is 10.4. The molecule has 0 aliphatic heterocycles. The maximum atomic E-state index is 13.0. The maximum absolute atomic E-state index is 13.0. The Labute approximate surface area is 158 Å². The van der Waals surface area contributed by atoms with Crippen molar-refractivity contribution in [3.63, 3.8) is 0 Å². The summed E-state index contributed by atoms with van der Waals surface area (Å²) in [5.41, 5.74) is 1.29. The van der Waals surface area contributed by atoms with Gasteiger partial charge in [-0.3, -0.25) is 4.79 Å². The van der Waals surface area contributed by atoms with Crippen LogP contribution in [-0.2, 0) is 0 Å². The summed E-state index contributed by atoms with van der Waals surface area (Å²) in [5.74, 6) is 0.464. The average molecular weight is 448 g/mol. The van der Waals surface area contributed by atoms with Crippen molar-refractivity contribution in [1.82, 2.24) is 4.98 Å². The minimum absolute atomic E-state index is 0.334. The molecule has 0 bridgehead atoms. The van der Waals surface area contributed by atoms with Gasteiger partial charge in [0.1, 0.15) is 11.5 Å². The van der Waals surface area contributed by atoms with E-state index in [1.165, 1.54) is 12.1 Å². The molecule has 0 saturated carbocycles. The van der Waals surface area contributed by atoms with Gasteiger partial charge >= 0.3 is 0 Å². The smallest absolute Gasteiger partial charge is 0.257 e. The van der Waals surface area contributed by atoms with Crippen LogP contribution in [0.1, 0.15) is 16.1 Å². The van der Waals surface area contributed by atoms with Crippen LogP contribution in [0.4, 0.5) is 10.1 Å². The van der Waals surface area contributed by atoms with Crippen molar-refractivity contribution in [2.75, 3.05) is 5.32 Å². The van der Waals surface area contributed by atoms with Gasteiger partial charge in [0.15, 0.2) is 0 Å². The molecule has 0 unspecified atom stereocenters. The number of aryl methyl sites for hydroxylation is 1. The topological polar surface area (TPSA) is 51.2 Å². The van der Waals surface area contributed by atoms with E-state index in [2.05, 4.69) is 32.9 Å². The second-order valence-corrected chi connectivity index (χ2v) is 6.55. The number of benzene rings is 2. The van der Waals surface area contributed by atoms with Gasteiger partial charge in [-0.1, -0.05) is 0 Å². The molecule has 6 heteroatoms. The Kier molecular flexibility index (Phi) is 5.28. The zero-order valence-electron chi connectivity index (χ0n) is 13.3. The second-order valence-electron chi connectivity index (χ2n) is 5.30. The van der Waals surface area contributed by atoms with E-state index in [9.17, 15) is 9.18 Å². The largest absolute Gasteiger partial charge is 0.457 e. The number of hydrogen-bond acceptors (Lipinski definition) is 3. The van der Waals surface area contributed by atoms with Crippen LogP contribution in [0.2, 0.25) is 0 Å². The molecule has 2 aromatic carbocycles. The molecule has 126 valence electrons. The number of ether oxygens (including phenoxy) is 1. The molecule has 1 amide bonds. The van der Waals surface area contributed by atoms with Crippen molar-refractivity contribution >= 4 is 34.2 Å². The fourth-order valence-corrected chi connectivity index (χ4v) is 2.57. The summed E-state index contributed by atoms with van der Waals surface area (Å²) in [4.78, 5) is 15.9. The van der Waals surface area contributed by atoms with Gasteiger partial charge in [-0.05, 0) is 90.2 Å². The molecule has 0 radical (unpaired) electrons. The predicted molar refractivity (Wildman–Crippen MR) is 103 cm³/mol. The van der Waals surface area contributed by atoms with E-state index in [-0.39, 0.29) is 5.91 Å². The molecule has 1 aromatic heterocycles. The molecule has 0 aliphatic carbocycles. The van der Waals surface area contributed by atoms with Crippen LogP contribution in [0.15, 0.2) is 60.7 Å². The minimum atomic E-state index is -0.605. The first-order chi connectivity index (χ1) is 12.0. The third kappa shape index (κ3) is 4.54. The Morgan fingerprint density at radius 1 is 1.00 bits per heavy atom. The highest BCUT2D eigenvalue weighted by Crippen LogP contribution is 2.24. The number of pyridine rings is 1. The summed E-state index contributed by atoms with van der Waals surface area (Å²) < 4.78 is 19.9. The lowest BCUT2D eigenvalue weighted by molar-refractivity contribution is 0.102. The van der Waals surface area contributed by atoms with Crippen molar-refractivity contribution in [2.24, 2.45) is 0 Å². The van der Waals surface area contributed by atoms with E-state index in [0.29, 0.717) is 22.7 Å². The fraction of sp³-hybridized carbons (Fsp3) is 0.0526. The number of hydrogen-bond donors (Lipinski definition) is 1. The highest BCUT2D eigenvalue weighted by atomic mass is 127. The highest BCUT2D eigenvalue weighted by molar-refractivity contribution is 14.1. The SMILES string of the molecule is Cc1nc(F)ccc1C(=O)Nc1ccc(Oc2ccc(I)cc2)cc1. The van der Waals surface area contributed by atoms with Crippen molar-refractivity contribution in [3.8, 4) is 11.5 Å². The van der Waals surface area contributed by atoms with Crippen LogP contribution < -0.4 is 10.1 Å². The number of nitrogens with zero attached hydrogens (tertiary/aromatic N) is 1. The predicted octanol–water partition coefficient (Wildman–Crippen LogP) is 5.18. The number of anilines is 1. The molecule has 25 heavy (non-hydrogen) atoms. The first-order valence-electron chi connectivity index (χ1n) is 7.49. The van der Waals surface area contributed by atoms with Gasteiger partial charge in [0, 0.05) is 9.26 Å². The van der Waals surface area contributed by atoms with Gasteiger partial charge in [-0.25, -0.2) is 4.98 Å². The number of nitrogens with one attached hydrogen (secondary N) is 1. The van der Waals surface area contributed by atoms with E-state index in [1.807, 2.05) is 24.3 Å². The number of rotatable bonds is 4. The summed E-state index contributed by atoms with van der Waals surface area (Å²) in [6, 6.07) is 17.3. The monoisotopic (exact) mass is 448 g/mol. The van der Waals surface area contributed by atoms with Gasteiger partial charge in [-0.2, -0.15) is 4.39 Å². The van der Waals surface area contributed by atoms with Crippen LogP contribution >= 0.6 is 22.6 Å². The quantitative estimate of drug-likeness (QED) is 0.442. The molecule has 3 rings (SSSR count). The molecular formula is C19H14FIN2O2. The van der Waals surface area contributed by atoms with Crippen molar-refractivity contribution in [1.29, 1.82) is 0 Å². The lowest BCUT2D eigenvalue weighted by Crippen LogP contribution is -2.14. The maximum Gasteiger partial charge on any atom is 0.257 e. The number of carbonyl (C=O) groups is 1. The third-order valence-corrected chi connectivity index (χ3v) is 4.18. The molecule has 0 saturated heterocycles. The van der Waals surface area contributed by atoms with Crippen molar-refractivity contribution in [3.05, 3.63) is 81.4 Å². The summed E-state index contributed by atoms with van der Waals surface area (Å²) in [6.45, 7) is 1.59. The fourth-order valence-electron chi connectivity index (χ4n) is 2.21. The van der Waals surface area contributed by atoms with Crippen LogP contribution in [0.5, 0.6) is 11.5 Å². The van der Waals surface area contributed by atoms with E-state index in [1.54, 1.807) is 31.2 Å². The van der Waals surface area contributed by atoms with E-state index in [0.717, 1.165) is 9.32 Å². The molecule has 3 aromatic rings. The molecule has 0 atom stereocenters. The molecule has 4 nitrogen and oxygen atoms in total. The average Bonchev–Trinajstić information content (AvgIpc) is 2.58. The zero-order chi connectivity index (χ0) is 17.8.